The summed E-state index contributed by atoms with van der Waals surface area (Å²) in [5.74, 6) is 2.42. The largest absolute Gasteiger partial charge is 0.382 e. The van der Waals surface area contributed by atoms with E-state index in [1.165, 1.54) is 16.2 Å². The number of nitrogen functional groups attached to an aromatic ring is 1. The van der Waals surface area contributed by atoms with E-state index in [1.54, 1.807) is 14.1 Å². The van der Waals surface area contributed by atoms with Crippen LogP contribution in [0.3, 0.4) is 0 Å². The van der Waals surface area contributed by atoms with Crippen molar-refractivity contribution >= 4 is 28.2 Å². The molecule has 0 saturated heterocycles. The van der Waals surface area contributed by atoms with Crippen molar-refractivity contribution in [3.05, 3.63) is 4.88 Å². The summed E-state index contributed by atoms with van der Waals surface area (Å²) < 4.78 is 0. The minimum absolute atomic E-state index is 0.204. The molecule has 80 valence electrons. The monoisotopic (exact) mass is 224 g/mol. The predicted molar refractivity (Wildman–Crippen MR) is 61.9 cm³/mol. The van der Waals surface area contributed by atoms with Crippen molar-refractivity contribution in [3.63, 3.8) is 0 Å². The zero-order chi connectivity index (χ0) is 11.4. The molecule has 0 aliphatic heterocycles. The summed E-state index contributed by atoms with van der Waals surface area (Å²) in [6, 6.07) is 0. The molecule has 0 atom stereocenters. The van der Waals surface area contributed by atoms with Gasteiger partial charge in [-0.15, -0.1) is 6.42 Å². The lowest BCUT2D eigenvalue weighted by molar-refractivity contribution is 0.0818. The number of nitrogens with one attached hydrogen (secondary N) is 1. The maximum absolute atomic E-state index is 11.8. The molecule has 1 aromatic rings. The number of carbonyl (C=O) groups is 1. The molecule has 0 saturated carbocycles. The highest BCUT2D eigenvalue weighted by atomic mass is 32.1. The lowest BCUT2D eigenvalue weighted by atomic mass is 10.4. The van der Waals surface area contributed by atoms with Crippen LogP contribution >= 0.6 is 11.3 Å². The Kier molecular flexibility index (Phi) is 3.52. The highest BCUT2D eigenvalue weighted by molar-refractivity contribution is 7.18. The first kappa shape index (κ1) is 11.3. The van der Waals surface area contributed by atoms with Gasteiger partial charge < -0.3 is 16.0 Å². The third-order valence-corrected chi connectivity index (χ3v) is 2.81. The SMILES string of the molecule is C#CCN(C)C(=O)c1sc(NC)nc1N. The van der Waals surface area contributed by atoms with E-state index in [0.717, 1.165) is 0 Å². The van der Waals surface area contributed by atoms with Gasteiger partial charge in [0.05, 0.1) is 6.54 Å². The zero-order valence-electron chi connectivity index (χ0n) is 8.57. The second-order valence-electron chi connectivity index (χ2n) is 2.85. The van der Waals surface area contributed by atoms with E-state index in [9.17, 15) is 4.79 Å². The number of terminal acetylenes is 1. The van der Waals surface area contributed by atoms with Gasteiger partial charge in [-0.25, -0.2) is 4.98 Å². The van der Waals surface area contributed by atoms with Gasteiger partial charge in [0.2, 0.25) is 0 Å². The normalized spacial score (nSPS) is 9.40. The summed E-state index contributed by atoms with van der Waals surface area (Å²) >= 11 is 1.21. The average molecular weight is 224 g/mol. The van der Waals surface area contributed by atoms with Gasteiger partial charge in [0.1, 0.15) is 10.7 Å². The topological polar surface area (TPSA) is 71.2 Å². The van der Waals surface area contributed by atoms with Gasteiger partial charge in [-0.2, -0.15) is 0 Å². The molecule has 5 nitrogen and oxygen atoms in total. The number of hydrogen-bond acceptors (Lipinski definition) is 5. The van der Waals surface area contributed by atoms with Gasteiger partial charge in [-0.05, 0) is 0 Å². The van der Waals surface area contributed by atoms with Crippen molar-refractivity contribution in [1.82, 2.24) is 9.88 Å². The minimum atomic E-state index is -0.204. The molecule has 1 amide bonds. The first-order valence-electron chi connectivity index (χ1n) is 4.23. The molecular formula is C9H12N4OS. The van der Waals surface area contributed by atoms with Gasteiger partial charge in [-0.1, -0.05) is 17.3 Å². The minimum Gasteiger partial charge on any atom is -0.382 e. The molecule has 0 bridgehead atoms. The molecule has 15 heavy (non-hydrogen) atoms. The van der Waals surface area contributed by atoms with Crippen LogP contribution in [0, 0.1) is 12.3 Å². The fraction of sp³-hybridized carbons (Fsp3) is 0.333. The second kappa shape index (κ2) is 4.66. The Morgan fingerprint density at radius 1 is 1.80 bits per heavy atom. The molecule has 6 heteroatoms. The van der Waals surface area contributed by atoms with Crippen LogP contribution in [-0.2, 0) is 0 Å². The fourth-order valence-corrected chi connectivity index (χ4v) is 1.81. The van der Waals surface area contributed by atoms with Gasteiger partial charge in [-0.3, -0.25) is 4.79 Å². The molecule has 0 spiro atoms. The standard InChI is InChI=1S/C9H12N4OS/c1-4-5-13(3)8(14)6-7(10)12-9(11-2)15-6/h1H,5,10H2,2-3H3,(H,11,12). The third-order valence-electron chi connectivity index (χ3n) is 1.74. The zero-order valence-corrected chi connectivity index (χ0v) is 9.39. The fourth-order valence-electron chi connectivity index (χ4n) is 0.974. The van der Waals surface area contributed by atoms with Crippen LogP contribution in [0.25, 0.3) is 0 Å². The van der Waals surface area contributed by atoms with Crippen molar-refractivity contribution in [3.8, 4) is 12.3 Å². The Morgan fingerprint density at radius 2 is 2.47 bits per heavy atom. The highest BCUT2D eigenvalue weighted by Crippen LogP contribution is 2.25. The van der Waals surface area contributed by atoms with E-state index in [1.807, 2.05) is 0 Å². The van der Waals surface area contributed by atoms with E-state index < -0.39 is 0 Å². The molecule has 0 aromatic carbocycles. The van der Waals surface area contributed by atoms with Gasteiger partial charge in [0.15, 0.2) is 5.13 Å². The molecule has 0 aliphatic rings. The summed E-state index contributed by atoms with van der Waals surface area (Å²) in [5, 5.41) is 3.45. The highest BCUT2D eigenvalue weighted by Gasteiger charge is 2.18. The van der Waals surface area contributed by atoms with Crippen LogP contribution in [0.5, 0.6) is 0 Å². The molecule has 0 fully saturated rings. The van der Waals surface area contributed by atoms with Crippen LogP contribution in [0.15, 0.2) is 0 Å². The van der Waals surface area contributed by atoms with E-state index in [0.29, 0.717) is 10.0 Å². The van der Waals surface area contributed by atoms with Crippen molar-refractivity contribution in [2.45, 2.75) is 0 Å². The molecule has 0 aliphatic carbocycles. The Balaban J connectivity index is 2.91. The number of carbonyl (C=O) groups excluding carboxylic acids is 1. The smallest absolute Gasteiger partial charge is 0.268 e. The van der Waals surface area contributed by atoms with Gasteiger partial charge in [0.25, 0.3) is 5.91 Å². The number of anilines is 2. The Bertz CT molecular complexity index is 407. The van der Waals surface area contributed by atoms with E-state index in [2.05, 4.69) is 16.2 Å². The first-order valence-corrected chi connectivity index (χ1v) is 5.04. The summed E-state index contributed by atoms with van der Waals surface area (Å²) in [6.45, 7) is 0.255. The Labute approximate surface area is 92.3 Å². The summed E-state index contributed by atoms with van der Waals surface area (Å²) in [7, 11) is 3.35. The van der Waals surface area contributed by atoms with E-state index in [4.69, 9.17) is 12.2 Å². The molecule has 1 heterocycles. The second-order valence-corrected chi connectivity index (χ2v) is 3.85. The summed E-state index contributed by atoms with van der Waals surface area (Å²) in [5.41, 5.74) is 5.61. The molecule has 0 unspecified atom stereocenters. The predicted octanol–water partition coefficient (Wildman–Crippen LogP) is 0.472. The Hall–Kier alpha value is -1.74. The summed E-state index contributed by atoms with van der Waals surface area (Å²) in [6.07, 6.45) is 5.12. The molecular weight excluding hydrogens is 212 g/mol. The van der Waals surface area contributed by atoms with Crippen LogP contribution in [0.2, 0.25) is 0 Å². The number of hydrogen-bond donors (Lipinski definition) is 2. The van der Waals surface area contributed by atoms with E-state index in [-0.39, 0.29) is 18.3 Å². The van der Waals surface area contributed by atoms with Gasteiger partial charge in [0, 0.05) is 14.1 Å². The number of nitrogens with two attached hydrogens (primary N) is 1. The number of rotatable bonds is 3. The maximum Gasteiger partial charge on any atom is 0.268 e. The lowest BCUT2D eigenvalue weighted by Gasteiger charge is -2.11. The number of amides is 1. The third kappa shape index (κ3) is 2.39. The van der Waals surface area contributed by atoms with Crippen LogP contribution in [0.4, 0.5) is 10.9 Å². The number of thiazole rings is 1. The molecule has 3 N–H and O–H groups in total. The number of nitrogens with zero attached hydrogens (tertiary/aromatic N) is 2. The van der Waals surface area contributed by atoms with Crippen molar-refractivity contribution < 1.29 is 4.79 Å². The Morgan fingerprint density at radius 3 is 2.93 bits per heavy atom. The van der Waals surface area contributed by atoms with Crippen LogP contribution < -0.4 is 11.1 Å². The van der Waals surface area contributed by atoms with Crippen LogP contribution in [0.1, 0.15) is 9.67 Å². The molecule has 1 aromatic heterocycles. The molecule has 1 rings (SSSR count). The number of aromatic nitrogens is 1. The maximum atomic E-state index is 11.8. The van der Waals surface area contributed by atoms with Crippen molar-refractivity contribution in [1.29, 1.82) is 0 Å². The van der Waals surface area contributed by atoms with Crippen molar-refractivity contribution in [2.75, 3.05) is 31.7 Å². The van der Waals surface area contributed by atoms with Crippen LogP contribution in [-0.4, -0.2) is 36.4 Å². The quantitative estimate of drug-likeness (QED) is 0.732. The molecule has 0 radical (unpaired) electrons. The van der Waals surface area contributed by atoms with Crippen molar-refractivity contribution in [2.24, 2.45) is 0 Å². The lowest BCUT2D eigenvalue weighted by Crippen LogP contribution is -2.26. The first-order chi connectivity index (χ1) is 7.10. The van der Waals surface area contributed by atoms with Gasteiger partial charge >= 0.3 is 0 Å². The van der Waals surface area contributed by atoms with E-state index >= 15 is 0 Å². The summed E-state index contributed by atoms with van der Waals surface area (Å²) in [4.78, 5) is 17.6. The average Bonchev–Trinajstić information content (AvgIpc) is 2.59.